The molecule has 17 heavy (non-hydrogen) atoms. The minimum Gasteiger partial charge on any atom is -0.392 e. The summed E-state index contributed by atoms with van der Waals surface area (Å²) < 4.78 is 5.40. The molecule has 0 radical (unpaired) electrons. The van der Waals surface area contributed by atoms with Gasteiger partial charge in [-0.3, -0.25) is 0 Å². The summed E-state index contributed by atoms with van der Waals surface area (Å²) in [6.45, 7) is 7.77. The first kappa shape index (κ1) is 15.1. The Balaban J connectivity index is 3.97. The standard InChI is InChI=1S/C15H16O2/c1-4-15(2,3)17-14-12-10-8-6-5-7-9-11-13-16/h4,9,11,16H,1,13-14H2,2-3H3/b11-9+. The van der Waals surface area contributed by atoms with E-state index in [-0.39, 0.29) is 12.2 Å². The van der Waals surface area contributed by atoms with Crippen molar-refractivity contribution in [1.29, 1.82) is 0 Å². The number of rotatable bonds is 4. The second kappa shape index (κ2) is 9.32. The van der Waals surface area contributed by atoms with Crippen LogP contribution in [0.15, 0.2) is 24.8 Å². The molecule has 0 aliphatic carbocycles. The van der Waals surface area contributed by atoms with Gasteiger partial charge in [0.1, 0.15) is 6.61 Å². The maximum Gasteiger partial charge on any atom is 0.109 e. The van der Waals surface area contributed by atoms with Crippen LogP contribution < -0.4 is 0 Å². The Morgan fingerprint density at radius 1 is 1.24 bits per heavy atom. The fraction of sp³-hybridized carbons (Fsp3) is 0.333. The second-order valence-corrected chi connectivity index (χ2v) is 3.50. The highest BCUT2D eigenvalue weighted by Crippen LogP contribution is 2.08. The number of ether oxygens (including phenoxy) is 1. The quantitative estimate of drug-likeness (QED) is 0.584. The van der Waals surface area contributed by atoms with E-state index in [1.54, 1.807) is 6.08 Å². The highest BCUT2D eigenvalue weighted by molar-refractivity contribution is 5.37. The minimum absolute atomic E-state index is 0.0155. The van der Waals surface area contributed by atoms with E-state index in [1.165, 1.54) is 12.2 Å². The molecule has 0 aromatic rings. The zero-order valence-corrected chi connectivity index (χ0v) is 10.2. The molecule has 0 amide bonds. The van der Waals surface area contributed by atoms with Crippen LogP contribution in [0, 0.1) is 35.5 Å². The summed E-state index contributed by atoms with van der Waals surface area (Å²) in [5.41, 5.74) is -0.364. The molecule has 0 aliphatic rings. The lowest BCUT2D eigenvalue weighted by molar-refractivity contribution is 0.0427. The van der Waals surface area contributed by atoms with Crippen LogP contribution >= 0.6 is 0 Å². The first-order chi connectivity index (χ1) is 8.12. The number of allylic oxidation sites excluding steroid dienone is 1. The predicted molar refractivity (Wildman–Crippen MR) is 69.8 cm³/mol. The molecule has 2 heteroatoms. The van der Waals surface area contributed by atoms with Gasteiger partial charge < -0.3 is 9.84 Å². The molecular weight excluding hydrogens is 212 g/mol. The van der Waals surface area contributed by atoms with Gasteiger partial charge >= 0.3 is 0 Å². The van der Waals surface area contributed by atoms with Crippen molar-refractivity contribution >= 4 is 0 Å². The normalized spacial score (nSPS) is 9.35. The van der Waals surface area contributed by atoms with Gasteiger partial charge in [0.05, 0.1) is 12.2 Å². The van der Waals surface area contributed by atoms with Crippen molar-refractivity contribution in [3.63, 3.8) is 0 Å². The maximum atomic E-state index is 8.42. The average molecular weight is 228 g/mol. The molecule has 0 saturated carbocycles. The number of hydrogen-bond acceptors (Lipinski definition) is 2. The van der Waals surface area contributed by atoms with Crippen LogP contribution in [0.5, 0.6) is 0 Å². The van der Waals surface area contributed by atoms with Crippen LogP contribution in [-0.2, 0) is 4.74 Å². The van der Waals surface area contributed by atoms with Crippen molar-refractivity contribution in [2.24, 2.45) is 0 Å². The monoisotopic (exact) mass is 228 g/mol. The summed E-state index contributed by atoms with van der Waals surface area (Å²) in [6, 6.07) is 0. The van der Waals surface area contributed by atoms with Crippen LogP contribution in [0.25, 0.3) is 0 Å². The van der Waals surface area contributed by atoms with E-state index >= 15 is 0 Å². The predicted octanol–water partition coefficient (Wildman–Crippen LogP) is 1.53. The van der Waals surface area contributed by atoms with E-state index in [4.69, 9.17) is 9.84 Å². The van der Waals surface area contributed by atoms with E-state index < -0.39 is 0 Å². The summed E-state index contributed by atoms with van der Waals surface area (Å²) in [5.74, 6) is 15.7. The Kier molecular flexibility index (Phi) is 8.26. The van der Waals surface area contributed by atoms with Crippen molar-refractivity contribution in [3.8, 4) is 35.5 Å². The highest BCUT2D eigenvalue weighted by Gasteiger charge is 2.10. The lowest BCUT2D eigenvalue weighted by atomic mass is 10.1. The smallest absolute Gasteiger partial charge is 0.109 e. The lowest BCUT2D eigenvalue weighted by Gasteiger charge is -2.18. The summed E-state index contributed by atoms with van der Waals surface area (Å²) in [5, 5.41) is 8.42. The van der Waals surface area contributed by atoms with Gasteiger partial charge in [-0.2, -0.15) is 0 Å². The molecule has 0 spiro atoms. The largest absolute Gasteiger partial charge is 0.392 e. The van der Waals surface area contributed by atoms with Crippen LogP contribution in [0.4, 0.5) is 0 Å². The molecule has 0 aromatic heterocycles. The van der Waals surface area contributed by atoms with E-state index in [0.717, 1.165) is 0 Å². The zero-order chi connectivity index (χ0) is 13.0. The number of aliphatic hydroxyl groups excluding tert-OH is 1. The van der Waals surface area contributed by atoms with Crippen LogP contribution in [0.2, 0.25) is 0 Å². The summed E-state index contributed by atoms with van der Waals surface area (Å²) in [4.78, 5) is 0. The first-order valence-corrected chi connectivity index (χ1v) is 5.14. The molecule has 1 N–H and O–H groups in total. The molecule has 2 nitrogen and oxygen atoms in total. The molecule has 0 aliphatic heterocycles. The van der Waals surface area contributed by atoms with Gasteiger partial charge in [0.2, 0.25) is 0 Å². The SMILES string of the molecule is C=CC(C)(C)OCC#CC#CC#C/C=C/CO. The first-order valence-electron chi connectivity index (χ1n) is 5.14. The van der Waals surface area contributed by atoms with E-state index in [2.05, 4.69) is 42.1 Å². The van der Waals surface area contributed by atoms with Crippen molar-refractivity contribution in [1.82, 2.24) is 0 Å². The molecule has 0 rings (SSSR count). The van der Waals surface area contributed by atoms with Crippen molar-refractivity contribution in [2.45, 2.75) is 19.4 Å². The molecule has 0 atom stereocenters. The Labute approximate surface area is 103 Å². The molecule has 0 fully saturated rings. The van der Waals surface area contributed by atoms with Gasteiger partial charge in [-0.15, -0.1) is 6.58 Å². The number of aliphatic hydroxyl groups is 1. The Morgan fingerprint density at radius 2 is 1.94 bits per heavy atom. The molecule has 0 saturated heterocycles. The lowest BCUT2D eigenvalue weighted by Crippen LogP contribution is -2.20. The molecular formula is C15H16O2. The van der Waals surface area contributed by atoms with E-state index in [1.807, 2.05) is 13.8 Å². The van der Waals surface area contributed by atoms with Gasteiger partial charge in [0.25, 0.3) is 0 Å². The van der Waals surface area contributed by atoms with Gasteiger partial charge in [-0.05, 0) is 43.6 Å². The van der Waals surface area contributed by atoms with Gasteiger partial charge in [-0.1, -0.05) is 24.0 Å². The third-order valence-corrected chi connectivity index (χ3v) is 1.66. The van der Waals surface area contributed by atoms with Gasteiger partial charge in [0, 0.05) is 0 Å². The van der Waals surface area contributed by atoms with Crippen LogP contribution in [-0.4, -0.2) is 23.9 Å². The van der Waals surface area contributed by atoms with Crippen molar-refractivity contribution in [3.05, 3.63) is 24.8 Å². The molecule has 0 unspecified atom stereocenters. The second-order valence-electron chi connectivity index (χ2n) is 3.50. The van der Waals surface area contributed by atoms with Crippen molar-refractivity contribution < 1.29 is 9.84 Å². The Bertz CT molecular complexity index is 437. The van der Waals surface area contributed by atoms with E-state index in [0.29, 0.717) is 6.61 Å². The molecule has 0 bridgehead atoms. The Hall–Kier alpha value is -1.92. The molecule has 0 aromatic carbocycles. The number of hydrogen-bond donors (Lipinski definition) is 1. The third-order valence-electron chi connectivity index (χ3n) is 1.66. The molecule has 88 valence electrons. The summed E-state index contributed by atoms with van der Waals surface area (Å²) in [7, 11) is 0. The topological polar surface area (TPSA) is 29.5 Å². The Morgan fingerprint density at radius 3 is 2.59 bits per heavy atom. The van der Waals surface area contributed by atoms with Crippen molar-refractivity contribution in [2.75, 3.05) is 13.2 Å². The van der Waals surface area contributed by atoms with E-state index in [9.17, 15) is 0 Å². The van der Waals surface area contributed by atoms with Gasteiger partial charge in [0.15, 0.2) is 0 Å². The fourth-order valence-corrected chi connectivity index (χ4v) is 0.613. The average Bonchev–Trinajstić information content (AvgIpc) is 2.31. The zero-order valence-electron chi connectivity index (χ0n) is 10.2. The minimum atomic E-state index is -0.364. The third kappa shape index (κ3) is 10.4. The summed E-state index contributed by atoms with van der Waals surface area (Å²) >= 11 is 0. The fourth-order valence-electron chi connectivity index (χ4n) is 0.613. The van der Waals surface area contributed by atoms with Crippen LogP contribution in [0.3, 0.4) is 0 Å². The van der Waals surface area contributed by atoms with Crippen LogP contribution in [0.1, 0.15) is 13.8 Å². The molecule has 0 heterocycles. The highest BCUT2D eigenvalue weighted by atomic mass is 16.5. The van der Waals surface area contributed by atoms with Gasteiger partial charge in [-0.25, -0.2) is 0 Å². The maximum absolute atomic E-state index is 8.42. The summed E-state index contributed by atoms with van der Waals surface area (Å²) in [6.07, 6.45) is 4.79.